The topological polar surface area (TPSA) is 122 Å². The number of carbonyl (C=O) groups excluding carboxylic acids is 2. The van der Waals surface area contributed by atoms with Crippen LogP contribution in [0.4, 0.5) is 0 Å². The van der Waals surface area contributed by atoms with Gasteiger partial charge in [-0.2, -0.15) is 5.10 Å². The van der Waals surface area contributed by atoms with Gasteiger partial charge >= 0.3 is 0 Å². The number of fused-ring (bicyclic) bond motifs is 1. The number of nitrogens with one attached hydrogen (secondary N) is 3. The second-order valence-electron chi connectivity index (χ2n) is 6.79. The average Bonchev–Trinajstić information content (AvgIpc) is 2.79. The Morgan fingerprint density at radius 1 is 0.968 bits per heavy atom. The lowest BCUT2D eigenvalue weighted by atomic mass is 10.1. The molecule has 0 aliphatic rings. The smallest absolute Gasteiger partial charge is 0.272 e. The average molecular weight is 424 g/mol. The molecule has 0 bridgehead atoms. The molecule has 0 spiro atoms. The zero-order valence-corrected chi connectivity index (χ0v) is 17.4. The van der Waals surface area contributed by atoms with Gasteiger partial charge < -0.3 is 20.1 Å². The first-order chi connectivity index (χ1) is 15.0. The SMILES string of the molecule is COc1ccc(CCNC(=O)CNC(=O)Cc2n[nH]c(=O)c3ccccc23)cc1OC. The Kier molecular flexibility index (Phi) is 7.21. The van der Waals surface area contributed by atoms with Crippen molar-refractivity contribution in [3.63, 3.8) is 0 Å². The minimum atomic E-state index is -0.361. The van der Waals surface area contributed by atoms with E-state index >= 15 is 0 Å². The van der Waals surface area contributed by atoms with E-state index in [2.05, 4.69) is 20.8 Å². The largest absolute Gasteiger partial charge is 0.493 e. The summed E-state index contributed by atoms with van der Waals surface area (Å²) >= 11 is 0. The third kappa shape index (κ3) is 5.59. The maximum atomic E-state index is 12.2. The number of rotatable bonds is 9. The molecule has 9 nitrogen and oxygen atoms in total. The summed E-state index contributed by atoms with van der Waals surface area (Å²) in [6.45, 7) is 0.266. The summed E-state index contributed by atoms with van der Waals surface area (Å²) in [6, 6.07) is 12.5. The molecule has 0 radical (unpaired) electrons. The number of amides is 2. The monoisotopic (exact) mass is 424 g/mol. The van der Waals surface area contributed by atoms with Crippen molar-refractivity contribution in [2.75, 3.05) is 27.3 Å². The quantitative estimate of drug-likeness (QED) is 0.470. The highest BCUT2D eigenvalue weighted by Crippen LogP contribution is 2.27. The van der Waals surface area contributed by atoms with Gasteiger partial charge in [0, 0.05) is 11.9 Å². The van der Waals surface area contributed by atoms with E-state index in [-0.39, 0.29) is 30.3 Å². The lowest BCUT2D eigenvalue weighted by Gasteiger charge is -2.10. The van der Waals surface area contributed by atoms with Gasteiger partial charge in [-0.1, -0.05) is 24.3 Å². The van der Waals surface area contributed by atoms with Crippen molar-refractivity contribution in [3.8, 4) is 11.5 Å². The Bertz CT molecular complexity index is 1140. The van der Waals surface area contributed by atoms with Crippen LogP contribution in [0.1, 0.15) is 11.3 Å². The van der Waals surface area contributed by atoms with Gasteiger partial charge in [0.2, 0.25) is 11.8 Å². The van der Waals surface area contributed by atoms with Gasteiger partial charge in [0.1, 0.15) is 0 Å². The van der Waals surface area contributed by atoms with Crippen LogP contribution in [0.2, 0.25) is 0 Å². The molecule has 3 aromatic rings. The Balaban J connectivity index is 1.46. The molecule has 0 fully saturated rings. The van der Waals surface area contributed by atoms with Crippen molar-refractivity contribution in [2.45, 2.75) is 12.8 Å². The van der Waals surface area contributed by atoms with E-state index in [0.717, 1.165) is 5.56 Å². The van der Waals surface area contributed by atoms with E-state index in [1.54, 1.807) is 38.5 Å². The molecular weight excluding hydrogens is 400 g/mol. The third-order valence-corrected chi connectivity index (χ3v) is 4.73. The number of H-pyrrole nitrogens is 1. The second-order valence-corrected chi connectivity index (χ2v) is 6.79. The van der Waals surface area contributed by atoms with E-state index in [9.17, 15) is 14.4 Å². The van der Waals surface area contributed by atoms with E-state index in [0.29, 0.717) is 40.9 Å². The van der Waals surface area contributed by atoms with Crippen molar-refractivity contribution in [2.24, 2.45) is 0 Å². The molecule has 0 aliphatic carbocycles. The lowest BCUT2D eigenvalue weighted by Crippen LogP contribution is -2.38. The van der Waals surface area contributed by atoms with Crippen molar-refractivity contribution < 1.29 is 19.1 Å². The highest BCUT2D eigenvalue weighted by molar-refractivity contribution is 5.90. The van der Waals surface area contributed by atoms with Crippen molar-refractivity contribution in [1.29, 1.82) is 0 Å². The summed E-state index contributed by atoms with van der Waals surface area (Å²) in [5.41, 5.74) is 1.12. The number of hydrogen-bond donors (Lipinski definition) is 3. The third-order valence-electron chi connectivity index (χ3n) is 4.73. The molecule has 0 saturated heterocycles. The summed E-state index contributed by atoms with van der Waals surface area (Å²) in [7, 11) is 3.14. The normalized spacial score (nSPS) is 10.5. The molecule has 0 unspecified atom stereocenters. The zero-order valence-electron chi connectivity index (χ0n) is 17.4. The summed E-state index contributed by atoms with van der Waals surface area (Å²) in [5, 5.41) is 12.8. The van der Waals surface area contributed by atoms with Crippen LogP contribution in [0.15, 0.2) is 47.3 Å². The van der Waals surface area contributed by atoms with Gasteiger partial charge in [-0.05, 0) is 30.2 Å². The van der Waals surface area contributed by atoms with E-state index in [1.807, 2.05) is 18.2 Å². The summed E-state index contributed by atoms with van der Waals surface area (Å²) in [5.74, 6) is 0.609. The minimum Gasteiger partial charge on any atom is -0.493 e. The maximum absolute atomic E-state index is 12.2. The lowest BCUT2D eigenvalue weighted by molar-refractivity contribution is -0.125. The molecule has 2 aromatic carbocycles. The number of carbonyl (C=O) groups is 2. The predicted molar refractivity (Wildman–Crippen MR) is 115 cm³/mol. The van der Waals surface area contributed by atoms with Crippen LogP contribution >= 0.6 is 0 Å². The first-order valence-electron chi connectivity index (χ1n) is 9.72. The Hall–Kier alpha value is -3.88. The predicted octanol–water partition coefficient (Wildman–Crippen LogP) is 0.958. The molecule has 31 heavy (non-hydrogen) atoms. The van der Waals surface area contributed by atoms with Crippen LogP contribution in [-0.2, 0) is 22.4 Å². The Labute approximate surface area is 178 Å². The fraction of sp³-hybridized carbons (Fsp3) is 0.273. The molecular formula is C22H24N4O5. The van der Waals surface area contributed by atoms with E-state index in [1.165, 1.54) is 0 Å². The zero-order chi connectivity index (χ0) is 22.2. The molecule has 1 heterocycles. The molecule has 2 amide bonds. The van der Waals surface area contributed by atoms with Gasteiger partial charge in [-0.3, -0.25) is 14.4 Å². The first kappa shape index (κ1) is 21.8. The van der Waals surface area contributed by atoms with Crippen molar-refractivity contribution in [3.05, 3.63) is 64.1 Å². The van der Waals surface area contributed by atoms with Crippen molar-refractivity contribution in [1.82, 2.24) is 20.8 Å². The van der Waals surface area contributed by atoms with Crippen LogP contribution in [0, 0.1) is 0 Å². The number of methoxy groups -OCH3 is 2. The Morgan fingerprint density at radius 3 is 2.45 bits per heavy atom. The highest BCUT2D eigenvalue weighted by Gasteiger charge is 2.12. The maximum Gasteiger partial charge on any atom is 0.272 e. The van der Waals surface area contributed by atoms with Gasteiger partial charge in [-0.25, -0.2) is 5.10 Å². The van der Waals surface area contributed by atoms with Crippen LogP contribution in [0.3, 0.4) is 0 Å². The molecule has 162 valence electrons. The van der Waals surface area contributed by atoms with E-state index < -0.39 is 0 Å². The fourth-order valence-corrected chi connectivity index (χ4v) is 3.14. The summed E-state index contributed by atoms with van der Waals surface area (Å²) in [6.07, 6.45) is 0.559. The summed E-state index contributed by atoms with van der Waals surface area (Å²) < 4.78 is 10.5. The number of aromatic amines is 1. The standard InChI is InChI=1S/C22H24N4O5/c1-30-18-8-7-14(11-19(18)31-2)9-10-23-21(28)13-24-20(27)12-17-15-5-3-4-6-16(15)22(29)26-25-17/h3-8,11H,9-10,12-13H2,1-2H3,(H,23,28)(H,24,27)(H,26,29). The molecule has 0 saturated carbocycles. The molecule has 1 aromatic heterocycles. The van der Waals surface area contributed by atoms with Crippen LogP contribution in [0.5, 0.6) is 11.5 Å². The second kappa shape index (κ2) is 10.2. The molecule has 3 rings (SSSR count). The Morgan fingerprint density at radius 2 is 1.71 bits per heavy atom. The fourth-order valence-electron chi connectivity index (χ4n) is 3.14. The van der Waals surface area contributed by atoms with Crippen molar-refractivity contribution >= 4 is 22.6 Å². The molecule has 0 aliphatic heterocycles. The van der Waals surface area contributed by atoms with Gasteiger partial charge in [0.15, 0.2) is 11.5 Å². The minimum absolute atomic E-state index is 0.0454. The number of nitrogens with zero attached hydrogens (tertiary/aromatic N) is 1. The number of benzene rings is 2. The van der Waals surface area contributed by atoms with Crippen LogP contribution < -0.4 is 25.7 Å². The van der Waals surface area contributed by atoms with Gasteiger partial charge in [0.25, 0.3) is 5.56 Å². The molecule has 0 atom stereocenters. The van der Waals surface area contributed by atoms with Crippen LogP contribution in [-0.4, -0.2) is 49.3 Å². The molecule has 3 N–H and O–H groups in total. The first-order valence-corrected chi connectivity index (χ1v) is 9.72. The summed E-state index contributed by atoms with van der Waals surface area (Å²) in [4.78, 5) is 36.1. The van der Waals surface area contributed by atoms with Gasteiger partial charge in [0.05, 0.1) is 38.3 Å². The van der Waals surface area contributed by atoms with Crippen LogP contribution in [0.25, 0.3) is 10.8 Å². The number of hydrogen-bond acceptors (Lipinski definition) is 6. The number of ether oxygens (including phenoxy) is 2. The highest BCUT2D eigenvalue weighted by atomic mass is 16.5. The number of aromatic nitrogens is 2. The van der Waals surface area contributed by atoms with Gasteiger partial charge in [-0.15, -0.1) is 0 Å². The van der Waals surface area contributed by atoms with E-state index in [4.69, 9.17) is 9.47 Å². The molecule has 9 heteroatoms.